The lowest BCUT2D eigenvalue weighted by atomic mass is 9.84. The van der Waals surface area contributed by atoms with Crippen LogP contribution in [0.4, 0.5) is 0 Å². The van der Waals surface area contributed by atoms with Crippen LogP contribution in [0.15, 0.2) is 24.3 Å². The minimum absolute atomic E-state index is 0.00327. The van der Waals surface area contributed by atoms with E-state index in [9.17, 15) is 24.0 Å². The van der Waals surface area contributed by atoms with Crippen LogP contribution in [0.1, 0.15) is 97.3 Å². The van der Waals surface area contributed by atoms with Crippen LogP contribution in [0, 0.1) is 29.6 Å². The number of hydrogen-bond donors (Lipinski definition) is 1. The number of rotatable bonds is 24. The van der Waals surface area contributed by atoms with E-state index in [2.05, 4.69) is 5.32 Å². The summed E-state index contributed by atoms with van der Waals surface area (Å²) in [6.45, 7) is 14.1. The molecule has 54 heavy (non-hydrogen) atoms. The SMILES string of the molecule is CC[C@H](C)[C@@H]([C@@H](CC(=O)N1C[C@H](OC)C[C@H]1[C@H](OC)[C@@H](C)C(=O)CCC(=O)c1ccc(OC)cc1)OC)N(C)C(=O)[C@@H](CC(=O)[C@@H](NC)C(C)C)C(C)C. The van der Waals surface area contributed by atoms with Gasteiger partial charge in [0.2, 0.25) is 11.8 Å². The van der Waals surface area contributed by atoms with Gasteiger partial charge in [0, 0.05) is 71.6 Å². The fraction of sp³-hybridized carbons (Fsp3) is 0.738. The molecule has 2 rings (SSSR count). The predicted octanol–water partition coefficient (Wildman–Crippen LogP) is 5.25. The van der Waals surface area contributed by atoms with Crippen molar-refractivity contribution in [2.24, 2.45) is 29.6 Å². The number of benzene rings is 1. The van der Waals surface area contributed by atoms with Gasteiger partial charge in [-0.05, 0) is 55.5 Å². The molecule has 1 saturated heterocycles. The summed E-state index contributed by atoms with van der Waals surface area (Å²) in [4.78, 5) is 71.7. The number of likely N-dealkylation sites (N-methyl/N-ethyl adjacent to an activating group) is 2. The molecular weight excluding hydrogens is 690 g/mol. The monoisotopic (exact) mass is 760 g/mol. The van der Waals surface area contributed by atoms with Crippen LogP contribution in [0.2, 0.25) is 0 Å². The van der Waals surface area contributed by atoms with E-state index in [0.29, 0.717) is 24.3 Å². The van der Waals surface area contributed by atoms with E-state index in [-0.39, 0.29) is 84.7 Å². The third kappa shape index (κ3) is 12.2. The number of likely N-dealkylation sites (tertiary alicyclic amines) is 1. The first-order valence-electron chi connectivity index (χ1n) is 19.6. The fourth-order valence-corrected chi connectivity index (χ4v) is 7.96. The molecule has 12 nitrogen and oxygen atoms in total. The molecule has 0 bridgehead atoms. The van der Waals surface area contributed by atoms with Crippen LogP contribution < -0.4 is 10.1 Å². The highest BCUT2D eigenvalue weighted by Gasteiger charge is 2.45. The number of ether oxygens (including phenoxy) is 4. The highest BCUT2D eigenvalue weighted by Crippen LogP contribution is 2.32. The topological polar surface area (TPSA) is 141 Å². The number of amides is 2. The lowest BCUT2D eigenvalue weighted by Crippen LogP contribution is -2.54. The van der Waals surface area contributed by atoms with Crippen LogP contribution >= 0.6 is 0 Å². The molecule has 12 heteroatoms. The second-order valence-corrected chi connectivity index (χ2v) is 15.6. The van der Waals surface area contributed by atoms with Crippen LogP contribution in [0.25, 0.3) is 0 Å². The minimum atomic E-state index is -0.642. The van der Waals surface area contributed by atoms with Gasteiger partial charge in [-0.15, -0.1) is 0 Å². The van der Waals surface area contributed by atoms with Crippen molar-refractivity contribution in [3.05, 3.63) is 29.8 Å². The molecule has 9 atom stereocenters. The number of nitrogens with zero attached hydrogens (tertiary/aromatic N) is 2. The van der Waals surface area contributed by atoms with Crippen molar-refractivity contribution in [2.45, 2.75) is 123 Å². The van der Waals surface area contributed by atoms with Crippen LogP contribution in [0.3, 0.4) is 0 Å². The van der Waals surface area contributed by atoms with Crippen molar-refractivity contribution in [2.75, 3.05) is 49.1 Å². The molecular formula is C42H69N3O9. The van der Waals surface area contributed by atoms with Gasteiger partial charge in [-0.25, -0.2) is 0 Å². The summed E-state index contributed by atoms with van der Waals surface area (Å²) in [7, 11) is 9.76. The normalized spacial score (nSPS) is 19.9. The van der Waals surface area contributed by atoms with Crippen molar-refractivity contribution in [1.29, 1.82) is 0 Å². The van der Waals surface area contributed by atoms with Gasteiger partial charge in [-0.1, -0.05) is 54.9 Å². The summed E-state index contributed by atoms with van der Waals surface area (Å²) in [6.07, 6.45) is -0.121. The van der Waals surface area contributed by atoms with Crippen LogP contribution in [-0.4, -0.2) is 124 Å². The summed E-state index contributed by atoms with van der Waals surface area (Å²) >= 11 is 0. The summed E-state index contributed by atoms with van der Waals surface area (Å²) in [5, 5.41) is 3.11. The molecule has 1 aromatic carbocycles. The number of carbonyl (C=O) groups excluding carboxylic acids is 5. The third-order valence-electron chi connectivity index (χ3n) is 11.6. The molecule has 0 saturated carbocycles. The summed E-state index contributed by atoms with van der Waals surface area (Å²) < 4.78 is 22.9. The van der Waals surface area contributed by atoms with E-state index < -0.39 is 36.1 Å². The maximum Gasteiger partial charge on any atom is 0.226 e. The molecule has 306 valence electrons. The average Bonchev–Trinajstić information content (AvgIpc) is 3.59. The molecule has 1 fully saturated rings. The van der Waals surface area contributed by atoms with Gasteiger partial charge < -0.3 is 34.1 Å². The zero-order chi connectivity index (χ0) is 40.9. The molecule has 1 N–H and O–H groups in total. The minimum Gasteiger partial charge on any atom is -0.497 e. The molecule has 0 unspecified atom stereocenters. The number of carbonyl (C=O) groups is 5. The van der Waals surface area contributed by atoms with Gasteiger partial charge in [0.15, 0.2) is 11.6 Å². The molecule has 1 aromatic rings. The lowest BCUT2D eigenvalue weighted by Gasteiger charge is -2.41. The number of methoxy groups -OCH3 is 4. The molecule has 0 spiro atoms. The Hall–Kier alpha value is -3.19. The smallest absolute Gasteiger partial charge is 0.226 e. The standard InChI is InChI=1S/C42H69N3O9/c1-14-27(6)40(44(9)42(50)32(25(2)3)22-36(48)39(43-8)26(4)5)37(53-12)23-38(49)45-24-31(52-11)21-33(45)41(54-13)28(7)34(46)19-20-35(47)29-15-17-30(51-10)18-16-29/h15-18,25-28,31-33,37,39-41,43H,14,19-24H2,1-13H3/t27-,28-,31+,32-,33-,37+,39-,40-,41+/m0/s1. The predicted molar refractivity (Wildman–Crippen MR) is 210 cm³/mol. The Morgan fingerprint density at radius 3 is 1.98 bits per heavy atom. The van der Waals surface area contributed by atoms with Crippen LogP contribution in [-0.2, 0) is 33.4 Å². The van der Waals surface area contributed by atoms with Crippen LogP contribution in [0.5, 0.6) is 5.75 Å². The highest BCUT2D eigenvalue weighted by atomic mass is 16.5. The fourth-order valence-electron chi connectivity index (χ4n) is 7.96. The summed E-state index contributed by atoms with van der Waals surface area (Å²) in [5.74, 6) is -1.11. The Morgan fingerprint density at radius 1 is 0.870 bits per heavy atom. The maximum absolute atomic E-state index is 14.3. The zero-order valence-electron chi connectivity index (χ0n) is 35.2. The molecule has 1 aliphatic heterocycles. The van der Waals surface area contributed by atoms with E-state index in [4.69, 9.17) is 18.9 Å². The highest BCUT2D eigenvalue weighted by molar-refractivity contribution is 5.98. The zero-order valence-corrected chi connectivity index (χ0v) is 35.2. The largest absolute Gasteiger partial charge is 0.497 e. The molecule has 0 radical (unpaired) electrons. The molecule has 0 aromatic heterocycles. The third-order valence-corrected chi connectivity index (χ3v) is 11.6. The van der Waals surface area contributed by atoms with Crippen molar-refractivity contribution < 1.29 is 42.9 Å². The Balaban J connectivity index is 2.29. The summed E-state index contributed by atoms with van der Waals surface area (Å²) in [5.41, 5.74) is 0.507. The van der Waals surface area contributed by atoms with E-state index in [1.54, 1.807) is 76.4 Å². The average molecular weight is 760 g/mol. The van der Waals surface area contributed by atoms with Gasteiger partial charge in [-0.2, -0.15) is 0 Å². The second-order valence-electron chi connectivity index (χ2n) is 15.6. The van der Waals surface area contributed by atoms with Gasteiger partial charge in [0.05, 0.1) is 50.0 Å². The van der Waals surface area contributed by atoms with E-state index >= 15 is 0 Å². The van der Waals surface area contributed by atoms with E-state index in [1.165, 1.54) is 7.11 Å². The number of ketones is 3. The molecule has 1 heterocycles. The van der Waals surface area contributed by atoms with Crippen molar-refractivity contribution in [3.8, 4) is 5.75 Å². The Bertz CT molecular complexity index is 1370. The second kappa shape index (κ2) is 22.4. The Kier molecular flexibility index (Phi) is 19.5. The maximum atomic E-state index is 14.3. The number of Topliss-reactive ketones (excluding diaryl/α,β-unsaturated/α-hetero) is 3. The van der Waals surface area contributed by atoms with Gasteiger partial charge in [-0.3, -0.25) is 24.0 Å². The quantitative estimate of drug-likeness (QED) is 0.139. The van der Waals surface area contributed by atoms with E-state index in [1.807, 2.05) is 41.5 Å². The van der Waals surface area contributed by atoms with Gasteiger partial charge in [0.1, 0.15) is 11.5 Å². The molecule has 1 aliphatic rings. The van der Waals surface area contributed by atoms with Crippen molar-refractivity contribution in [3.63, 3.8) is 0 Å². The summed E-state index contributed by atoms with van der Waals surface area (Å²) in [6, 6.07) is 5.54. The number of hydrogen-bond acceptors (Lipinski definition) is 10. The van der Waals surface area contributed by atoms with Crippen molar-refractivity contribution >= 4 is 29.2 Å². The van der Waals surface area contributed by atoms with Gasteiger partial charge in [0.25, 0.3) is 0 Å². The first-order chi connectivity index (χ1) is 25.5. The Labute approximate surface area is 324 Å². The Morgan fingerprint density at radius 2 is 1.50 bits per heavy atom. The number of nitrogens with one attached hydrogen (secondary N) is 1. The first kappa shape index (κ1) is 47.0. The lowest BCUT2D eigenvalue weighted by molar-refractivity contribution is -0.149. The molecule has 2 amide bonds. The molecule has 0 aliphatic carbocycles. The van der Waals surface area contributed by atoms with Gasteiger partial charge >= 0.3 is 0 Å². The van der Waals surface area contributed by atoms with E-state index in [0.717, 1.165) is 6.42 Å². The first-order valence-corrected chi connectivity index (χ1v) is 19.6. The van der Waals surface area contributed by atoms with Crippen molar-refractivity contribution in [1.82, 2.24) is 15.1 Å².